The van der Waals surface area contributed by atoms with Gasteiger partial charge in [0.15, 0.2) is 0 Å². The van der Waals surface area contributed by atoms with Crippen molar-refractivity contribution in [1.82, 2.24) is 9.38 Å². The molecule has 24 heavy (non-hydrogen) atoms. The summed E-state index contributed by atoms with van der Waals surface area (Å²) in [4.78, 5) is 17.0. The van der Waals surface area contributed by atoms with Crippen molar-refractivity contribution in [2.24, 2.45) is 5.92 Å². The number of fused-ring (bicyclic) bond motifs is 1. The molecule has 0 saturated carbocycles. The Balaban J connectivity index is 1.86. The quantitative estimate of drug-likeness (QED) is 0.784. The first-order valence-electron chi connectivity index (χ1n) is 8.43. The fraction of sp³-hybridized carbons (Fsp3) is 0.300. The van der Waals surface area contributed by atoms with Crippen LogP contribution in [0.4, 0.5) is 0 Å². The van der Waals surface area contributed by atoms with Crippen LogP contribution in [0.25, 0.3) is 5.65 Å². The number of aryl methyl sites for hydroxylation is 1. The van der Waals surface area contributed by atoms with Crippen molar-refractivity contribution >= 4 is 5.65 Å². The van der Waals surface area contributed by atoms with Crippen molar-refractivity contribution in [3.63, 3.8) is 0 Å². The van der Waals surface area contributed by atoms with Crippen LogP contribution >= 0.6 is 0 Å². The maximum atomic E-state index is 12.4. The molecule has 3 aromatic rings. The van der Waals surface area contributed by atoms with E-state index in [-0.39, 0.29) is 5.56 Å². The lowest BCUT2D eigenvalue weighted by molar-refractivity contribution is -0.717. The molecule has 1 atom stereocenters. The van der Waals surface area contributed by atoms with E-state index in [0.717, 1.165) is 11.4 Å². The monoisotopic (exact) mass is 322 g/mol. The maximum absolute atomic E-state index is 12.4. The van der Waals surface area contributed by atoms with Crippen molar-refractivity contribution < 1.29 is 5.32 Å². The minimum atomic E-state index is -0.0118. The summed E-state index contributed by atoms with van der Waals surface area (Å²) < 4.78 is 1.65. The Kier molecular flexibility index (Phi) is 4.76. The summed E-state index contributed by atoms with van der Waals surface area (Å²) in [6.07, 6.45) is 0. The molecular weight excluding hydrogens is 298 g/mol. The molecule has 0 radical (unpaired) electrons. The largest absolute Gasteiger partial charge is 0.335 e. The van der Waals surface area contributed by atoms with Gasteiger partial charge in [-0.15, -0.1) is 0 Å². The van der Waals surface area contributed by atoms with Gasteiger partial charge >= 0.3 is 0 Å². The average molecular weight is 322 g/mol. The summed E-state index contributed by atoms with van der Waals surface area (Å²) in [7, 11) is 0. The van der Waals surface area contributed by atoms with Crippen LogP contribution in [0.1, 0.15) is 36.8 Å². The third-order valence-corrected chi connectivity index (χ3v) is 4.42. The Morgan fingerprint density at radius 3 is 2.54 bits per heavy atom. The van der Waals surface area contributed by atoms with Gasteiger partial charge in [-0.2, -0.15) is 0 Å². The normalized spacial score (nSPS) is 12.7. The molecule has 2 aromatic heterocycles. The van der Waals surface area contributed by atoms with Gasteiger partial charge in [0.2, 0.25) is 0 Å². The summed E-state index contributed by atoms with van der Waals surface area (Å²) in [5, 5.41) is 2.27. The highest BCUT2D eigenvalue weighted by Crippen LogP contribution is 2.17. The van der Waals surface area contributed by atoms with Crippen molar-refractivity contribution in [3.8, 4) is 0 Å². The van der Waals surface area contributed by atoms with Gasteiger partial charge < -0.3 is 5.32 Å². The van der Waals surface area contributed by atoms with Gasteiger partial charge in [0.05, 0.1) is 0 Å². The molecule has 0 bridgehead atoms. The number of benzene rings is 1. The molecule has 124 valence electrons. The highest BCUT2D eigenvalue weighted by Gasteiger charge is 2.19. The molecule has 2 heterocycles. The number of aromatic nitrogens is 2. The van der Waals surface area contributed by atoms with Crippen molar-refractivity contribution in [2.75, 3.05) is 0 Å². The maximum Gasteiger partial charge on any atom is 0.258 e. The van der Waals surface area contributed by atoms with E-state index in [4.69, 9.17) is 0 Å². The Morgan fingerprint density at radius 2 is 1.83 bits per heavy atom. The van der Waals surface area contributed by atoms with Gasteiger partial charge in [0.1, 0.15) is 23.9 Å². The van der Waals surface area contributed by atoms with Crippen LogP contribution in [-0.4, -0.2) is 9.38 Å². The molecule has 0 amide bonds. The zero-order valence-electron chi connectivity index (χ0n) is 14.4. The summed E-state index contributed by atoms with van der Waals surface area (Å²) in [6.45, 7) is 7.06. The first kappa shape index (κ1) is 16.4. The topological polar surface area (TPSA) is 51.0 Å². The molecule has 0 aliphatic rings. The Labute approximate surface area is 142 Å². The van der Waals surface area contributed by atoms with E-state index < -0.39 is 0 Å². The van der Waals surface area contributed by atoms with E-state index in [9.17, 15) is 4.79 Å². The van der Waals surface area contributed by atoms with Crippen LogP contribution < -0.4 is 10.9 Å². The molecule has 0 spiro atoms. The fourth-order valence-electron chi connectivity index (χ4n) is 3.18. The summed E-state index contributed by atoms with van der Waals surface area (Å²) in [5.41, 5.74) is 3.74. The van der Waals surface area contributed by atoms with Gasteiger partial charge in [-0.05, 0) is 19.1 Å². The van der Waals surface area contributed by atoms with Crippen LogP contribution in [0.5, 0.6) is 0 Å². The van der Waals surface area contributed by atoms with E-state index in [2.05, 4.69) is 48.4 Å². The number of hydrogen-bond donors (Lipinski definition) is 1. The molecule has 0 aliphatic carbocycles. The highest BCUT2D eigenvalue weighted by molar-refractivity contribution is 5.40. The molecule has 0 fully saturated rings. The molecular formula is C20H24N3O+. The number of nitrogens with zero attached hydrogens (tertiary/aromatic N) is 2. The van der Waals surface area contributed by atoms with Gasteiger partial charge in [-0.3, -0.25) is 9.20 Å². The van der Waals surface area contributed by atoms with Crippen molar-refractivity contribution in [3.05, 3.63) is 81.9 Å². The Hall–Kier alpha value is -2.46. The second-order valence-electron chi connectivity index (χ2n) is 6.57. The molecule has 0 unspecified atom stereocenters. The molecule has 0 aliphatic heterocycles. The highest BCUT2D eigenvalue weighted by atomic mass is 16.1. The SMILES string of the molecule is Cc1cccc2nc(C[NH2+][C@@H](c3ccccc3)C(C)C)cc(=O)n12. The lowest BCUT2D eigenvalue weighted by Gasteiger charge is -2.19. The molecule has 2 N–H and O–H groups in total. The van der Waals surface area contributed by atoms with Gasteiger partial charge in [0, 0.05) is 23.2 Å². The third kappa shape index (κ3) is 3.39. The second kappa shape index (κ2) is 6.97. The van der Waals surface area contributed by atoms with Crippen molar-refractivity contribution in [2.45, 2.75) is 33.4 Å². The first-order chi connectivity index (χ1) is 11.6. The fourth-order valence-corrected chi connectivity index (χ4v) is 3.18. The van der Waals surface area contributed by atoms with Crippen LogP contribution in [0, 0.1) is 12.8 Å². The molecule has 4 heteroatoms. The first-order valence-corrected chi connectivity index (χ1v) is 8.43. The predicted octanol–water partition coefficient (Wildman–Crippen LogP) is 2.46. The number of hydrogen-bond acceptors (Lipinski definition) is 2. The van der Waals surface area contributed by atoms with Crippen LogP contribution in [0.2, 0.25) is 0 Å². The lowest BCUT2D eigenvalue weighted by atomic mass is 9.96. The average Bonchev–Trinajstić information content (AvgIpc) is 2.55. The molecule has 1 aromatic carbocycles. The van der Waals surface area contributed by atoms with Crippen LogP contribution in [0.15, 0.2) is 59.4 Å². The molecule has 3 rings (SSSR count). The minimum Gasteiger partial charge on any atom is -0.335 e. The summed E-state index contributed by atoms with van der Waals surface area (Å²) in [6, 6.07) is 18.2. The second-order valence-corrected chi connectivity index (χ2v) is 6.57. The smallest absolute Gasteiger partial charge is 0.258 e. The number of rotatable bonds is 5. The molecule has 4 nitrogen and oxygen atoms in total. The number of quaternary nitrogens is 1. The minimum absolute atomic E-state index is 0.0118. The van der Waals surface area contributed by atoms with E-state index in [1.807, 2.05) is 31.2 Å². The zero-order chi connectivity index (χ0) is 17.1. The number of nitrogens with two attached hydrogens (primary N) is 1. The van der Waals surface area contributed by atoms with Crippen molar-refractivity contribution in [1.29, 1.82) is 0 Å². The zero-order valence-corrected chi connectivity index (χ0v) is 14.4. The van der Waals surface area contributed by atoms with E-state index in [1.165, 1.54) is 5.56 Å². The summed E-state index contributed by atoms with van der Waals surface area (Å²) >= 11 is 0. The van der Waals surface area contributed by atoms with Gasteiger partial charge in [0.25, 0.3) is 5.56 Å². The number of pyridine rings is 1. The lowest BCUT2D eigenvalue weighted by Crippen LogP contribution is -2.84. The van der Waals surface area contributed by atoms with Gasteiger partial charge in [-0.1, -0.05) is 50.2 Å². The van der Waals surface area contributed by atoms with Crippen LogP contribution in [-0.2, 0) is 6.54 Å². The van der Waals surface area contributed by atoms with E-state index >= 15 is 0 Å². The van der Waals surface area contributed by atoms with E-state index in [1.54, 1.807) is 10.5 Å². The standard InChI is InChI=1S/C20H23N3O/c1-14(2)20(16-9-5-4-6-10-16)21-13-17-12-19(24)23-15(3)8-7-11-18(23)22-17/h4-12,14,20-21H,13H2,1-3H3/p+1/t20-/m1/s1. The molecule has 0 saturated heterocycles. The van der Waals surface area contributed by atoms with Crippen LogP contribution in [0.3, 0.4) is 0 Å². The predicted molar refractivity (Wildman–Crippen MR) is 95.8 cm³/mol. The van der Waals surface area contributed by atoms with E-state index in [0.29, 0.717) is 24.2 Å². The Bertz CT molecular complexity index is 884. The third-order valence-electron chi connectivity index (χ3n) is 4.42. The summed E-state index contributed by atoms with van der Waals surface area (Å²) in [5.74, 6) is 0.496. The Morgan fingerprint density at radius 1 is 1.08 bits per heavy atom. The van der Waals surface area contributed by atoms with Gasteiger partial charge in [-0.25, -0.2) is 4.98 Å².